The Kier molecular flexibility index (Phi) is 5.19. The minimum atomic E-state index is -4.52. The molecule has 0 heterocycles. The summed E-state index contributed by atoms with van der Waals surface area (Å²) in [5.74, 6) is 0. The fraction of sp³-hybridized carbons (Fsp3) is 0.462. The molecular weight excluding hydrogens is 257 g/mol. The Morgan fingerprint density at radius 1 is 1.42 bits per heavy atom. The molecule has 1 atom stereocenters. The summed E-state index contributed by atoms with van der Waals surface area (Å²) in [6, 6.07) is 4.93. The normalized spacial score (nSPS) is 12.8. The zero-order valence-electron chi connectivity index (χ0n) is 10.5. The summed E-state index contributed by atoms with van der Waals surface area (Å²) in [7, 11) is 0. The van der Waals surface area contributed by atoms with Crippen molar-refractivity contribution in [2.75, 3.05) is 11.9 Å². The average molecular weight is 272 g/mol. The third kappa shape index (κ3) is 4.79. The quantitative estimate of drug-likeness (QED) is 0.809. The number of benzene rings is 1. The van der Waals surface area contributed by atoms with Crippen LogP contribution < -0.4 is 5.32 Å². The van der Waals surface area contributed by atoms with E-state index in [0.717, 1.165) is 6.07 Å². The first-order chi connectivity index (χ1) is 8.84. The molecule has 0 fully saturated rings. The van der Waals surface area contributed by atoms with Crippen molar-refractivity contribution in [2.24, 2.45) is 0 Å². The largest absolute Gasteiger partial charge is 0.417 e. The fourth-order valence-electron chi connectivity index (χ4n) is 1.62. The van der Waals surface area contributed by atoms with Gasteiger partial charge in [0, 0.05) is 12.2 Å². The topological polar surface area (TPSA) is 56.0 Å². The molecule has 1 rings (SSSR count). The predicted octanol–water partition coefficient (Wildman–Crippen LogP) is 3.15. The Morgan fingerprint density at radius 2 is 2.11 bits per heavy atom. The first kappa shape index (κ1) is 15.3. The lowest BCUT2D eigenvalue weighted by Gasteiger charge is -2.12. The van der Waals surface area contributed by atoms with Crippen molar-refractivity contribution < 1.29 is 18.3 Å². The van der Waals surface area contributed by atoms with Crippen molar-refractivity contribution in [2.45, 2.75) is 32.0 Å². The Morgan fingerprint density at radius 3 is 2.63 bits per heavy atom. The molecule has 0 aliphatic carbocycles. The molecule has 1 aromatic rings. The molecule has 3 nitrogen and oxygen atoms in total. The fourth-order valence-corrected chi connectivity index (χ4v) is 1.62. The highest BCUT2D eigenvalue weighted by atomic mass is 19.4. The third-order valence-electron chi connectivity index (χ3n) is 2.57. The summed E-state index contributed by atoms with van der Waals surface area (Å²) in [5.41, 5.74) is -0.854. The van der Waals surface area contributed by atoms with Gasteiger partial charge in [-0.05, 0) is 38.0 Å². The maximum atomic E-state index is 12.6. The highest BCUT2D eigenvalue weighted by Gasteiger charge is 2.33. The molecule has 0 saturated carbocycles. The smallest absolute Gasteiger partial charge is 0.393 e. The molecule has 0 bridgehead atoms. The van der Waals surface area contributed by atoms with Crippen LogP contribution in [0.5, 0.6) is 0 Å². The van der Waals surface area contributed by atoms with Gasteiger partial charge >= 0.3 is 6.18 Å². The van der Waals surface area contributed by atoms with Crippen molar-refractivity contribution in [3.8, 4) is 6.07 Å². The van der Waals surface area contributed by atoms with Crippen LogP contribution in [0, 0.1) is 11.3 Å². The number of alkyl halides is 3. The summed E-state index contributed by atoms with van der Waals surface area (Å²) in [4.78, 5) is 0. The van der Waals surface area contributed by atoms with E-state index in [1.54, 1.807) is 13.0 Å². The summed E-state index contributed by atoms with van der Waals surface area (Å²) in [6.45, 7) is 2.20. The van der Waals surface area contributed by atoms with E-state index in [9.17, 15) is 13.2 Å². The van der Waals surface area contributed by atoms with E-state index in [2.05, 4.69) is 5.32 Å². The van der Waals surface area contributed by atoms with Crippen LogP contribution in [-0.4, -0.2) is 17.8 Å². The number of hydrogen-bond acceptors (Lipinski definition) is 3. The minimum absolute atomic E-state index is 0.395. The van der Waals surface area contributed by atoms with Gasteiger partial charge in [-0.1, -0.05) is 0 Å². The van der Waals surface area contributed by atoms with Gasteiger partial charge in [0.1, 0.15) is 0 Å². The van der Waals surface area contributed by atoms with Gasteiger partial charge in [-0.15, -0.1) is 0 Å². The second kappa shape index (κ2) is 6.43. The van der Waals surface area contributed by atoms with Gasteiger partial charge in [0.15, 0.2) is 0 Å². The van der Waals surface area contributed by atoms with Gasteiger partial charge in [-0.25, -0.2) is 0 Å². The van der Waals surface area contributed by atoms with Crippen molar-refractivity contribution in [1.82, 2.24) is 0 Å². The molecule has 6 heteroatoms. The van der Waals surface area contributed by atoms with Gasteiger partial charge in [0.05, 0.1) is 23.3 Å². The van der Waals surface area contributed by atoms with Gasteiger partial charge in [-0.3, -0.25) is 0 Å². The van der Waals surface area contributed by atoms with Gasteiger partial charge in [-0.2, -0.15) is 18.4 Å². The van der Waals surface area contributed by atoms with E-state index < -0.39 is 23.4 Å². The van der Waals surface area contributed by atoms with Gasteiger partial charge in [0.2, 0.25) is 0 Å². The number of nitrogens with zero attached hydrogens (tertiary/aromatic N) is 1. The molecule has 19 heavy (non-hydrogen) atoms. The molecule has 0 amide bonds. The summed E-state index contributed by atoms with van der Waals surface area (Å²) in [6.07, 6.45) is -3.61. The van der Waals surface area contributed by atoms with E-state index in [-0.39, 0.29) is 0 Å². The predicted molar refractivity (Wildman–Crippen MR) is 65.6 cm³/mol. The number of nitriles is 1. The number of anilines is 1. The first-order valence-electron chi connectivity index (χ1n) is 5.88. The van der Waals surface area contributed by atoms with E-state index >= 15 is 0 Å². The second-order valence-electron chi connectivity index (χ2n) is 4.29. The molecule has 0 aromatic heterocycles. The first-order valence-corrected chi connectivity index (χ1v) is 5.88. The molecule has 0 aliphatic heterocycles. The van der Waals surface area contributed by atoms with Crippen LogP contribution in [0.2, 0.25) is 0 Å². The Balaban J connectivity index is 2.71. The van der Waals surface area contributed by atoms with Crippen LogP contribution in [0.15, 0.2) is 18.2 Å². The zero-order valence-corrected chi connectivity index (χ0v) is 10.5. The molecule has 0 saturated heterocycles. The van der Waals surface area contributed by atoms with Crippen molar-refractivity contribution >= 4 is 5.69 Å². The van der Waals surface area contributed by atoms with Crippen LogP contribution in [0.4, 0.5) is 18.9 Å². The number of rotatable bonds is 5. The van der Waals surface area contributed by atoms with Crippen molar-refractivity contribution in [1.29, 1.82) is 5.26 Å². The maximum Gasteiger partial charge on any atom is 0.417 e. The Bertz CT molecular complexity index is 464. The van der Waals surface area contributed by atoms with Crippen LogP contribution in [-0.2, 0) is 6.18 Å². The van der Waals surface area contributed by atoms with Crippen molar-refractivity contribution in [3.63, 3.8) is 0 Å². The minimum Gasteiger partial charge on any atom is -0.393 e. The molecule has 0 radical (unpaired) electrons. The van der Waals surface area contributed by atoms with Gasteiger partial charge in [0.25, 0.3) is 0 Å². The molecular formula is C13H15F3N2O. The molecule has 2 N–H and O–H groups in total. The monoisotopic (exact) mass is 272 g/mol. The van der Waals surface area contributed by atoms with Crippen LogP contribution in [0.3, 0.4) is 0 Å². The molecule has 0 spiro atoms. The number of hydrogen-bond donors (Lipinski definition) is 2. The molecule has 1 unspecified atom stereocenters. The zero-order chi connectivity index (χ0) is 14.5. The lowest BCUT2D eigenvalue weighted by molar-refractivity contribution is -0.137. The summed E-state index contributed by atoms with van der Waals surface area (Å²) in [5, 5.41) is 20.7. The lowest BCUT2D eigenvalue weighted by atomic mass is 10.1. The summed E-state index contributed by atoms with van der Waals surface area (Å²) >= 11 is 0. The molecule has 104 valence electrons. The SMILES string of the molecule is CC(O)CCCNc1ccc(C(F)(F)F)c(C#N)c1. The highest BCUT2D eigenvalue weighted by molar-refractivity contribution is 5.53. The van der Waals surface area contributed by atoms with E-state index in [0.29, 0.717) is 25.1 Å². The second-order valence-corrected chi connectivity index (χ2v) is 4.29. The average Bonchev–Trinajstić information content (AvgIpc) is 2.32. The van der Waals surface area contributed by atoms with Crippen molar-refractivity contribution in [3.05, 3.63) is 29.3 Å². The maximum absolute atomic E-state index is 12.6. The lowest BCUT2D eigenvalue weighted by Crippen LogP contribution is -2.10. The molecule has 0 aliphatic rings. The number of nitrogens with one attached hydrogen (secondary N) is 1. The van der Waals surface area contributed by atoms with Crippen LogP contribution in [0.1, 0.15) is 30.9 Å². The van der Waals surface area contributed by atoms with Gasteiger partial charge < -0.3 is 10.4 Å². The van der Waals surface area contributed by atoms with E-state index in [1.165, 1.54) is 12.1 Å². The Hall–Kier alpha value is -1.74. The Labute approximate surface area is 109 Å². The standard InChI is InChI=1S/C13H15F3N2O/c1-9(19)3-2-6-18-11-4-5-12(13(14,15)16)10(7-11)8-17/h4-5,7,9,18-19H,2-3,6H2,1H3. The van der Waals surface area contributed by atoms with Crippen LogP contribution in [0.25, 0.3) is 0 Å². The number of aliphatic hydroxyl groups is 1. The van der Waals surface area contributed by atoms with Crippen LogP contribution >= 0.6 is 0 Å². The third-order valence-corrected chi connectivity index (χ3v) is 2.57. The van der Waals surface area contributed by atoms with E-state index in [1.807, 2.05) is 0 Å². The highest BCUT2D eigenvalue weighted by Crippen LogP contribution is 2.32. The molecule has 1 aromatic carbocycles. The summed E-state index contributed by atoms with van der Waals surface area (Å²) < 4.78 is 37.7. The number of halogens is 3. The number of aliphatic hydroxyl groups excluding tert-OH is 1. The van der Waals surface area contributed by atoms with E-state index in [4.69, 9.17) is 10.4 Å².